The van der Waals surface area contributed by atoms with E-state index in [2.05, 4.69) is 38.5 Å². The first kappa shape index (κ1) is 15.6. The smallest absolute Gasteiger partial charge is 0.172 e. The van der Waals surface area contributed by atoms with Gasteiger partial charge in [-0.3, -0.25) is 0 Å². The Balaban J connectivity index is 2.29. The van der Waals surface area contributed by atoms with Crippen LogP contribution in [0.3, 0.4) is 0 Å². The van der Waals surface area contributed by atoms with Crippen LogP contribution in [0.25, 0.3) is 0 Å². The van der Waals surface area contributed by atoms with E-state index in [1.165, 1.54) is 0 Å². The number of benzene rings is 1. The van der Waals surface area contributed by atoms with Crippen LogP contribution in [0.1, 0.15) is 0 Å². The Morgan fingerprint density at radius 1 is 1.50 bits per heavy atom. The van der Waals surface area contributed by atoms with Gasteiger partial charge in [0.2, 0.25) is 0 Å². The van der Waals surface area contributed by atoms with E-state index in [1.54, 1.807) is 12.1 Å². The van der Waals surface area contributed by atoms with Crippen molar-refractivity contribution >= 4 is 54.9 Å². The van der Waals surface area contributed by atoms with E-state index in [9.17, 15) is 0 Å². The van der Waals surface area contributed by atoms with Gasteiger partial charge < -0.3 is 10.1 Å². The lowest BCUT2D eigenvalue weighted by Crippen LogP contribution is -2.24. The Morgan fingerprint density at radius 2 is 2.17 bits per heavy atom. The first-order chi connectivity index (χ1) is 8.61. The number of nitrogens with zero attached hydrogens (tertiary/aromatic N) is 1. The Bertz CT molecular complexity index is 469. The molecule has 1 aromatic rings. The van der Waals surface area contributed by atoms with Crippen LogP contribution in [0.5, 0.6) is 5.75 Å². The molecule has 0 aliphatic carbocycles. The molecular formula is C12H11BrClIN2O. The molecule has 96 valence electrons. The number of aliphatic imine (C=N–C) groups is 1. The van der Waals surface area contributed by atoms with Crippen molar-refractivity contribution in [3.63, 3.8) is 0 Å². The normalized spacial score (nSPS) is 10.7. The summed E-state index contributed by atoms with van der Waals surface area (Å²) in [6, 6.07) is 7.24. The molecule has 0 aliphatic heterocycles. The van der Waals surface area contributed by atoms with Gasteiger partial charge in [-0.05, 0) is 62.8 Å². The zero-order valence-corrected chi connectivity index (χ0v) is 13.9. The highest BCUT2D eigenvalue weighted by atomic mass is 127. The van der Waals surface area contributed by atoms with Gasteiger partial charge in [-0.15, -0.1) is 0 Å². The van der Waals surface area contributed by atoms with E-state index in [-0.39, 0.29) is 0 Å². The van der Waals surface area contributed by atoms with Gasteiger partial charge in [0.25, 0.3) is 0 Å². The van der Waals surface area contributed by atoms with Gasteiger partial charge in [-0.2, -0.15) is 0 Å². The van der Waals surface area contributed by atoms with Crippen LogP contribution in [0.4, 0.5) is 0 Å². The monoisotopic (exact) mass is 440 g/mol. The average molecular weight is 441 g/mol. The Morgan fingerprint density at radius 3 is 2.78 bits per heavy atom. The highest BCUT2D eigenvalue weighted by Gasteiger charge is 1.96. The van der Waals surface area contributed by atoms with Crippen LogP contribution in [0.15, 0.2) is 45.3 Å². The Kier molecular flexibility index (Phi) is 7.42. The summed E-state index contributed by atoms with van der Waals surface area (Å²) in [7, 11) is 0. The summed E-state index contributed by atoms with van der Waals surface area (Å²) in [5.74, 6) is 0.787. The van der Waals surface area contributed by atoms with Crippen LogP contribution in [-0.4, -0.2) is 17.9 Å². The minimum Gasteiger partial charge on any atom is -0.492 e. The van der Waals surface area contributed by atoms with E-state index >= 15 is 0 Å². The molecule has 0 atom stereocenters. The van der Waals surface area contributed by atoms with Crippen LogP contribution < -0.4 is 10.1 Å². The lowest BCUT2D eigenvalue weighted by molar-refractivity contribution is 0.323. The second kappa shape index (κ2) is 8.58. The zero-order valence-electron chi connectivity index (χ0n) is 9.42. The van der Waals surface area contributed by atoms with Gasteiger partial charge >= 0.3 is 0 Å². The highest BCUT2D eigenvalue weighted by molar-refractivity contribution is 14.1. The van der Waals surface area contributed by atoms with Crippen molar-refractivity contribution in [1.82, 2.24) is 5.32 Å². The summed E-state index contributed by atoms with van der Waals surface area (Å²) in [6.45, 7) is 4.66. The summed E-state index contributed by atoms with van der Waals surface area (Å²) in [5, 5.41) is 3.75. The third kappa shape index (κ3) is 6.44. The van der Waals surface area contributed by atoms with Crippen LogP contribution >= 0.6 is 50.1 Å². The molecule has 0 radical (unpaired) electrons. The van der Waals surface area contributed by atoms with E-state index < -0.39 is 0 Å². The standard InChI is InChI=1S/C12H11BrClIN2O/c1-2-11(15)17-12(13)16-7-8-18-10-5-3-9(14)4-6-10/h3-6H,1,7-8H2,(H,16,17). The van der Waals surface area contributed by atoms with Crippen molar-refractivity contribution in [2.75, 3.05) is 13.2 Å². The van der Waals surface area contributed by atoms with Gasteiger partial charge in [-0.25, -0.2) is 4.99 Å². The Labute approximate surface area is 133 Å². The summed E-state index contributed by atoms with van der Waals surface area (Å²) >= 11 is 11.1. The first-order valence-electron chi connectivity index (χ1n) is 5.04. The summed E-state index contributed by atoms with van der Waals surface area (Å²) in [5.41, 5.74) is 2.67. The SMILES string of the molecule is C=C=C(I)/N=C(/Br)NCCOc1ccc(Cl)cc1. The van der Waals surface area contributed by atoms with E-state index in [0.717, 1.165) is 5.75 Å². The molecule has 0 aliphatic rings. The van der Waals surface area contributed by atoms with Crippen LogP contribution in [-0.2, 0) is 0 Å². The molecule has 0 spiro atoms. The number of ether oxygens (including phenoxy) is 1. The molecule has 0 heterocycles. The van der Waals surface area contributed by atoms with Gasteiger partial charge in [0.1, 0.15) is 16.1 Å². The fourth-order valence-corrected chi connectivity index (χ4v) is 2.09. The van der Waals surface area contributed by atoms with Crippen molar-refractivity contribution in [3.8, 4) is 5.75 Å². The van der Waals surface area contributed by atoms with Crippen LogP contribution in [0, 0.1) is 0 Å². The molecule has 18 heavy (non-hydrogen) atoms. The second-order valence-corrected chi connectivity index (χ2v) is 5.31. The molecule has 6 heteroatoms. The lowest BCUT2D eigenvalue weighted by atomic mass is 10.3. The number of hydrogen-bond acceptors (Lipinski definition) is 2. The molecule has 0 bridgehead atoms. The third-order valence-corrected chi connectivity index (χ3v) is 3.13. The molecule has 0 aromatic heterocycles. The summed E-state index contributed by atoms with van der Waals surface area (Å²) in [6.07, 6.45) is 0. The minimum absolute atomic E-state index is 0.528. The minimum atomic E-state index is 0.528. The van der Waals surface area contributed by atoms with Gasteiger partial charge in [0, 0.05) is 5.02 Å². The molecular weight excluding hydrogens is 430 g/mol. The summed E-state index contributed by atoms with van der Waals surface area (Å²) < 4.78 is 6.82. The summed E-state index contributed by atoms with van der Waals surface area (Å²) in [4.78, 5) is 4.13. The quantitative estimate of drug-likeness (QED) is 0.186. The number of nitrogens with one attached hydrogen (secondary N) is 1. The second-order valence-electron chi connectivity index (χ2n) is 3.10. The molecule has 3 nitrogen and oxygen atoms in total. The van der Waals surface area contributed by atoms with Gasteiger partial charge in [-0.1, -0.05) is 23.9 Å². The van der Waals surface area contributed by atoms with Crippen molar-refractivity contribution < 1.29 is 4.74 Å². The fourth-order valence-electron chi connectivity index (χ4n) is 1.02. The van der Waals surface area contributed by atoms with Gasteiger partial charge in [0.05, 0.1) is 6.54 Å². The highest BCUT2D eigenvalue weighted by Crippen LogP contribution is 2.15. The largest absolute Gasteiger partial charge is 0.492 e. The van der Waals surface area contributed by atoms with E-state index in [0.29, 0.717) is 26.6 Å². The average Bonchev–Trinajstić information content (AvgIpc) is 2.36. The third-order valence-electron chi connectivity index (χ3n) is 1.80. The fraction of sp³-hybridized carbons (Fsp3) is 0.167. The van der Waals surface area contributed by atoms with Crippen molar-refractivity contribution in [2.45, 2.75) is 0 Å². The molecule has 1 rings (SSSR count). The topological polar surface area (TPSA) is 33.6 Å². The lowest BCUT2D eigenvalue weighted by Gasteiger charge is -2.07. The maximum atomic E-state index is 5.77. The molecule has 1 aromatic carbocycles. The van der Waals surface area contributed by atoms with Crippen molar-refractivity contribution in [3.05, 3.63) is 45.3 Å². The predicted octanol–water partition coefficient (Wildman–Crippen LogP) is 4.12. The number of amidine groups is 1. The number of hydrogen-bond donors (Lipinski definition) is 1. The van der Waals surface area contributed by atoms with E-state index in [1.807, 2.05) is 34.7 Å². The number of rotatable bonds is 5. The maximum Gasteiger partial charge on any atom is 0.172 e. The predicted molar refractivity (Wildman–Crippen MR) is 88.0 cm³/mol. The van der Waals surface area contributed by atoms with E-state index in [4.69, 9.17) is 16.3 Å². The molecule has 0 saturated heterocycles. The van der Waals surface area contributed by atoms with Crippen LogP contribution in [0.2, 0.25) is 5.02 Å². The van der Waals surface area contributed by atoms with Crippen molar-refractivity contribution in [1.29, 1.82) is 0 Å². The molecule has 0 fully saturated rings. The Hall–Kier alpha value is -0.490. The molecule has 1 N–H and O–H groups in total. The first-order valence-corrected chi connectivity index (χ1v) is 7.29. The molecule has 0 amide bonds. The van der Waals surface area contributed by atoms with Gasteiger partial charge in [0.15, 0.2) is 4.74 Å². The zero-order chi connectivity index (χ0) is 13.4. The number of halogens is 3. The van der Waals surface area contributed by atoms with Crippen molar-refractivity contribution in [2.24, 2.45) is 4.99 Å². The molecule has 0 saturated carbocycles. The molecule has 0 unspecified atom stereocenters. The maximum absolute atomic E-state index is 5.77.